The number of nitrogens with zero attached hydrogens (tertiary/aromatic N) is 2. The van der Waals surface area contributed by atoms with Gasteiger partial charge in [0.05, 0.1) is 29.5 Å². The van der Waals surface area contributed by atoms with Gasteiger partial charge in [-0.05, 0) is 18.2 Å². The van der Waals surface area contributed by atoms with Crippen molar-refractivity contribution in [2.45, 2.75) is 10.4 Å². The number of β-amino-alcohol motifs (C(OH)–C–C–N with tert-alkyl or cyclic N) is 1. The van der Waals surface area contributed by atoms with Gasteiger partial charge in [0.25, 0.3) is 0 Å². The summed E-state index contributed by atoms with van der Waals surface area (Å²) in [7, 11) is 0. The summed E-state index contributed by atoms with van der Waals surface area (Å²) >= 11 is 9.21. The minimum absolute atomic E-state index is 0.344. The molecule has 2 heterocycles. The second kappa shape index (κ2) is 7.26. The first-order valence-electron chi connectivity index (χ1n) is 6.88. The number of hydrogen-bond donors (Lipinski definition) is 1. The van der Waals surface area contributed by atoms with Crippen molar-refractivity contribution in [2.75, 3.05) is 38.6 Å². The summed E-state index contributed by atoms with van der Waals surface area (Å²) in [4.78, 5) is 6.79. The maximum Gasteiger partial charge on any atom is 0.151 e. The van der Waals surface area contributed by atoms with Gasteiger partial charge < -0.3 is 9.84 Å². The van der Waals surface area contributed by atoms with Gasteiger partial charge in [-0.15, -0.1) is 11.3 Å². The molecular formula is C14H17ClN2O2S2. The molecule has 1 aromatic heterocycles. The number of morpholine rings is 1. The number of aliphatic hydroxyl groups excluding tert-OH is 1. The van der Waals surface area contributed by atoms with E-state index < -0.39 is 0 Å². The first-order chi connectivity index (χ1) is 10.2. The number of rotatable bonds is 5. The van der Waals surface area contributed by atoms with Crippen LogP contribution in [-0.4, -0.2) is 59.7 Å². The molecule has 0 bridgehead atoms. The molecule has 1 aromatic carbocycles. The zero-order valence-electron chi connectivity index (χ0n) is 11.5. The van der Waals surface area contributed by atoms with E-state index in [0.29, 0.717) is 17.3 Å². The highest BCUT2D eigenvalue weighted by Gasteiger charge is 2.15. The van der Waals surface area contributed by atoms with E-state index in [2.05, 4.69) is 9.88 Å². The average molecular weight is 345 g/mol. The third kappa shape index (κ3) is 4.31. The Kier molecular flexibility index (Phi) is 5.37. The van der Waals surface area contributed by atoms with Crippen LogP contribution in [0.5, 0.6) is 0 Å². The molecule has 1 saturated heterocycles. The van der Waals surface area contributed by atoms with Crippen molar-refractivity contribution < 1.29 is 9.84 Å². The molecule has 2 aromatic rings. The van der Waals surface area contributed by atoms with Crippen molar-refractivity contribution in [1.29, 1.82) is 0 Å². The number of fused-ring (bicyclic) bond motifs is 1. The third-order valence-corrected chi connectivity index (χ3v) is 5.86. The van der Waals surface area contributed by atoms with E-state index in [-0.39, 0.29) is 6.10 Å². The molecule has 0 aliphatic carbocycles. The van der Waals surface area contributed by atoms with Gasteiger partial charge in [0.15, 0.2) is 4.34 Å². The summed E-state index contributed by atoms with van der Waals surface area (Å²) in [5.74, 6) is 0.658. The van der Waals surface area contributed by atoms with E-state index in [1.165, 1.54) is 0 Å². The molecule has 0 saturated carbocycles. The van der Waals surface area contributed by atoms with Crippen molar-refractivity contribution in [3.05, 3.63) is 23.2 Å². The molecule has 1 fully saturated rings. The molecule has 1 atom stereocenters. The van der Waals surface area contributed by atoms with Crippen LogP contribution in [0.4, 0.5) is 0 Å². The van der Waals surface area contributed by atoms with Gasteiger partial charge in [0.2, 0.25) is 0 Å². The van der Waals surface area contributed by atoms with E-state index in [1.807, 2.05) is 18.2 Å². The quantitative estimate of drug-likeness (QED) is 0.845. The lowest BCUT2D eigenvalue weighted by Crippen LogP contribution is -2.41. The lowest BCUT2D eigenvalue weighted by atomic mass is 10.3. The number of aromatic nitrogens is 1. The van der Waals surface area contributed by atoms with Gasteiger partial charge in [0.1, 0.15) is 0 Å². The van der Waals surface area contributed by atoms with E-state index in [1.54, 1.807) is 23.1 Å². The Morgan fingerprint density at radius 2 is 2.24 bits per heavy atom. The zero-order chi connectivity index (χ0) is 14.7. The minimum Gasteiger partial charge on any atom is -0.391 e. The molecule has 0 amide bonds. The summed E-state index contributed by atoms with van der Waals surface area (Å²) in [6.07, 6.45) is -0.344. The smallest absolute Gasteiger partial charge is 0.151 e. The van der Waals surface area contributed by atoms with Gasteiger partial charge >= 0.3 is 0 Å². The molecule has 0 radical (unpaired) electrons. The fourth-order valence-electron chi connectivity index (χ4n) is 2.24. The summed E-state index contributed by atoms with van der Waals surface area (Å²) in [6, 6.07) is 5.74. The molecule has 0 spiro atoms. The number of thiazole rings is 1. The maximum absolute atomic E-state index is 10.1. The van der Waals surface area contributed by atoms with Gasteiger partial charge in [-0.3, -0.25) is 4.90 Å². The number of halogens is 1. The lowest BCUT2D eigenvalue weighted by molar-refractivity contribution is 0.0188. The molecular weight excluding hydrogens is 328 g/mol. The van der Waals surface area contributed by atoms with Crippen LogP contribution >= 0.6 is 34.7 Å². The highest BCUT2D eigenvalue weighted by atomic mass is 35.5. The number of benzene rings is 1. The molecule has 4 nitrogen and oxygen atoms in total. The normalized spacial score (nSPS) is 18.2. The Morgan fingerprint density at radius 3 is 3.05 bits per heavy atom. The van der Waals surface area contributed by atoms with Crippen LogP contribution in [0, 0.1) is 0 Å². The first kappa shape index (κ1) is 15.5. The summed E-state index contributed by atoms with van der Waals surface area (Å²) < 4.78 is 7.42. The van der Waals surface area contributed by atoms with Crippen molar-refractivity contribution >= 4 is 44.9 Å². The largest absolute Gasteiger partial charge is 0.391 e. The molecule has 114 valence electrons. The Labute approximate surface area is 137 Å². The van der Waals surface area contributed by atoms with Crippen LogP contribution in [0.2, 0.25) is 5.02 Å². The van der Waals surface area contributed by atoms with Crippen molar-refractivity contribution in [3.63, 3.8) is 0 Å². The second-order valence-corrected chi connectivity index (χ2v) is 7.70. The average Bonchev–Trinajstić information content (AvgIpc) is 2.88. The van der Waals surface area contributed by atoms with Crippen molar-refractivity contribution in [3.8, 4) is 0 Å². The van der Waals surface area contributed by atoms with Crippen LogP contribution in [0.15, 0.2) is 22.5 Å². The molecule has 21 heavy (non-hydrogen) atoms. The van der Waals surface area contributed by atoms with Crippen LogP contribution in [-0.2, 0) is 4.74 Å². The molecule has 1 aliphatic heterocycles. The Bertz CT molecular complexity index is 602. The number of hydrogen-bond acceptors (Lipinski definition) is 6. The predicted octanol–water partition coefficient (Wildman–Crippen LogP) is 2.73. The highest BCUT2D eigenvalue weighted by Crippen LogP contribution is 2.31. The highest BCUT2D eigenvalue weighted by molar-refractivity contribution is 8.01. The zero-order valence-corrected chi connectivity index (χ0v) is 13.9. The molecule has 1 aliphatic rings. The van der Waals surface area contributed by atoms with Gasteiger partial charge in [-0.2, -0.15) is 0 Å². The number of aliphatic hydroxyl groups is 1. The fourth-order valence-corrected chi connectivity index (χ4v) is 4.40. The standard InChI is InChI=1S/C14H17ClN2O2S2/c15-10-1-2-13-12(7-10)16-14(21-13)20-9-11(18)8-17-3-5-19-6-4-17/h1-2,7,11,18H,3-6,8-9H2/t11-/m0/s1. The van der Waals surface area contributed by atoms with Gasteiger partial charge in [-0.1, -0.05) is 23.4 Å². The third-order valence-electron chi connectivity index (χ3n) is 3.30. The van der Waals surface area contributed by atoms with Crippen LogP contribution in [0.25, 0.3) is 10.2 Å². The molecule has 0 unspecified atom stereocenters. The summed E-state index contributed by atoms with van der Waals surface area (Å²) in [6.45, 7) is 4.03. The summed E-state index contributed by atoms with van der Waals surface area (Å²) in [5, 5.41) is 10.8. The maximum atomic E-state index is 10.1. The number of thioether (sulfide) groups is 1. The predicted molar refractivity (Wildman–Crippen MR) is 88.6 cm³/mol. The SMILES string of the molecule is O[C@H](CSc1nc2cc(Cl)ccc2s1)CN1CCOCC1. The molecule has 7 heteroatoms. The second-order valence-electron chi connectivity index (χ2n) is 4.97. The van der Waals surface area contributed by atoms with Crippen molar-refractivity contribution in [1.82, 2.24) is 9.88 Å². The van der Waals surface area contributed by atoms with E-state index >= 15 is 0 Å². The van der Waals surface area contributed by atoms with Crippen molar-refractivity contribution in [2.24, 2.45) is 0 Å². The Hall–Kier alpha value is -0.370. The van der Waals surface area contributed by atoms with Crippen LogP contribution in [0.1, 0.15) is 0 Å². The van der Waals surface area contributed by atoms with Crippen LogP contribution < -0.4 is 0 Å². The van der Waals surface area contributed by atoms with Crippen LogP contribution in [0.3, 0.4) is 0 Å². The Balaban J connectivity index is 1.53. The monoisotopic (exact) mass is 344 g/mol. The fraction of sp³-hybridized carbons (Fsp3) is 0.500. The first-order valence-corrected chi connectivity index (χ1v) is 9.06. The topological polar surface area (TPSA) is 45.6 Å². The molecule has 1 N–H and O–H groups in total. The van der Waals surface area contributed by atoms with Gasteiger partial charge in [-0.25, -0.2) is 4.98 Å². The summed E-state index contributed by atoms with van der Waals surface area (Å²) in [5.41, 5.74) is 0.928. The minimum atomic E-state index is -0.344. The number of ether oxygens (including phenoxy) is 1. The van der Waals surface area contributed by atoms with Gasteiger partial charge in [0, 0.05) is 30.4 Å². The lowest BCUT2D eigenvalue weighted by Gasteiger charge is -2.28. The molecule has 3 rings (SSSR count). The Morgan fingerprint density at radius 1 is 1.43 bits per heavy atom. The van der Waals surface area contributed by atoms with E-state index in [4.69, 9.17) is 16.3 Å². The van der Waals surface area contributed by atoms with E-state index in [0.717, 1.165) is 40.9 Å². The van der Waals surface area contributed by atoms with E-state index in [9.17, 15) is 5.11 Å².